The first kappa shape index (κ1) is 17.3. The molecule has 1 aliphatic carbocycles. The molecular weight excluding hydrogens is 338 g/mol. The van der Waals surface area contributed by atoms with Gasteiger partial charge in [0.05, 0.1) is 17.3 Å². The van der Waals surface area contributed by atoms with Gasteiger partial charge in [-0.15, -0.1) is 0 Å². The summed E-state index contributed by atoms with van der Waals surface area (Å²) in [4.78, 5) is 22.5. The Balaban J connectivity index is 1.78. The monoisotopic (exact) mass is 359 g/mol. The van der Waals surface area contributed by atoms with Gasteiger partial charge in [0.15, 0.2) is 0 Å². The molecule has 1 aromatic carbocycles. The molecule has 2 aromatic rings. The highest BCUT2D eigenvalue weighted by Crippen LogP contribution is 2.28. The molecule has 136 valence electrons. The number of anilines is 1. The van der Waals surface area contributed by atoms with Gasteiger partial charge < -0.3 is 10.6 Å². The molecule has 0 radical (unpaired) electrons. The Morgan fingerprint density at radius 2 is 1.85 bits per heavy atom. The fourth-order valence-corrected chi connectivity index (χ4v) is 3.15. The third-order valence-electron chi connectivity index (χ3n) is 5.01. The van der Waals surface area contributed by atoms with Crippen molar-refractivity contribution in [3.63, 3.8) is 0 Å². The predicted molar refractivity (Wildman–Crippen MR) is 104 cm³/mol. The maximum atomic E-state index is 12.8. The minimum absolute atomic E-state index is 0.203. The number of rotatable bonds is 2. The molecule has 3 N–H and O–H groups in total. The second kappa shape index (κ2) is 7.26. The first-order chi connectivity index (χ1) is 13.1. The van der Waals surface area contributed by atoms with E-state index in [2.05, 4.69) is 27.8 Å². The van der Waals surface area contributed by atoms with Crippen LogP contribution in [-0.4, -0.2) is 29.1 Å². The van der Waals surface area contributed by atoms with E-state index < -0.39 is 0 Å². The quantitative estimate of drug-likeness (QED) is 0.799. The van der Waals surface area contributed by atoms with E-state index in [1.165, 1.54) is 0 Å². The minimum Gasteiger partial charge on any atom is -0.342 e. The second-order valence-electron chi connectivity index (χ2n) is 7.17. The molecule has 1 aromatic heterocycles. The van der Waals surface area contributed by atoms with Crippen molar-refractivity contribution < 1.29 is 0 Å². The van der Waals surface area contributed by atoms with E-state index in [-0.39, 0.29) is 11.6 Å². The third kappa shape index (κ3) is 3.86. The lowest BCUT2D eigenvalue weighted by atomic mass is 10.0. The highest BCUT2D eigenvalue weighted by Gasteiger charge is 2.22. The van der Waals surface area contributed by atoms with Gasteiger partial charge in [0, 0.05) is 30.6 Å². The molecule has 0 atom stereocenters. The van der Waals surface area contributed by atoms with Gasteiger partial charge in [0.1, 0.15) is 5.56 Å². The summed E-state index contributed by atoms with van der Waals surface area (Å²) in [6.45, 7) is 1.54. The number of piperidine rings is 1. The number of nitriles is 1. The topological polar surface area (TPSA) is 98.8 Å². The average molecular weight is 359 g/mol. The Kier molecular flexibility index (Phi) is 4.66. The number of hydrogen-bond donors (Lipinski definition) is 2. The third-order valence-corrected chi connectivity index (χ3v) is 5.01. The summed E-state index contributed by atoms with van der Waals surface area (Å²) >= 11 is 0. The van der Waals surface area contributed by atoms with Crippen LogP contribution in [0.15, 0.2) is 29.1 Å². The lowest BCUT2D eigenvalue weighted by molar-refractivity contribution is 0.495. The van der Waals surface area contributed by atoms with Crippen LogP contribution in [0.25, 0.3) is 11.3 Å². The van der Waals surface area contributed by atoms with Crippen molar-refractivity contribution >= 4 is 5.95 Å². The Bertz CT molecular complexity index is 994. The van der Waals surface area contributed by atoms with Gasteiger partial charge in [-0.25, -0.2) is 4.98 Å². The zero-order valence-corrected chi connectivity index (χ0v) is 15.0. The molecule has 2 fully saturated rings. The number of H-pyrrole nitrogens is 1. The minimum atomic E-state index is -0.220. The van der Waals surface area contributed by atoms with Gasteiger partial charge in [-0.05, 0) is 37.8 Å². The van der Waals surface area contributed by atoms with Crippen LogP contribution in [0.5, 0.6) is 0 Å². The van der Waals surface area contributed by atoms with E-state index in [0.29, 0.717) is 28.7 Å². The van der Waals surface area contributed by atoms with E-state index in [9.17, 15) is 4.79 Å². The molecular formula is C21H21N5O. The van der Waals surface area contributed by atoms with Gasteiger partial charge in [-0.1, -0.05) is 24.0 Å². The van der Waals surface area contributed by atoms with Crippen LogP contribution in [0.3, 0.4) is 0 Å². The summed E-state index contributed by atoms with van der Waals surface area (Å²) in [5.41, 5.74) is 8.09. The first-order valence-electron chi connectivity index (χ1n) is 9.31. The van der Waals surface area contributed by atoms with Crippen molar-refractivity contribution in [2.75, 3.05) is 18.0 Å². The summed E-state index contributed by atoms with van der Waals surface area (Å²) in [5, 5.41) is 9.03. The highest BCUT2D eigenvalue weighted by molar-refractivity contribution is 5.68. The summed E-state index contributed by atoms with van der Waals surface area (Å²) in [7, 11) is 0. The second-order valence-corrected chi connectivity index (χ2v) is 7.17. The summed E-state index contributed by atoms with van der Waals surface area (Å²) in [6, 6.07) is 9.41. The number of nitrogens with one attached hydrogen (secondary N) is 1. The van der Waals surface area contributed by atoms with Crippen LogP contribution in [0.1, 0.15) is 36.8 Å². The lowest BCUT2D eigenvalue weighted by Gasteiger charge is -2.30. The van der Waals surface area contributed by atoms with Gasteiger partial charge in [0.2, 0.25) is 5.95 Å². The average Bonchev–Trinajstić information content (AvgIpc) is 3.52. The summed E-state index contributed by atoms with van der Waals surface area (Å²) < 4.78 is 0. The molecule has 0 unspecified atom stereocenters. The molecule has 1 aliphatic heterocycles. The summed E-state index contributed by atoms with van der Waals surface area (Å²) in [6.07, 6.45) is 3.94. The van der Waals surface area contributed by atoms with E-state index in [4.69, 9.17) is 16.0 Å². The SMILES string of the molecule is N#Cc1ccc(-c2nc(N3CCC(N)CC3)[nH]c(=O)c2C#CC2CC2)cc1. The van der Waals surface area contributed by atoms with Crippen molar-refractivity contribution in [3.8, 4) is 29.2 Å². The molecule has 4 rings (SSSR count). The normalized spacial score (nSPS) is 17.1. The van der Waals surface area contributed by atoms with E-state index >= 15 is 0 Å². The van der Waals surface area contributed by atoms with Crippen LogP contribution in [0.2, 0.25) is 0 Å². The molecule has 1 saturated carbocycles. The summed E-state index contributed by atoms with van der Waals surface area (Å²) in [5.74, 6) is 7.16. The van der Waals surface area contributed by atoms with Crippen LogP contribution in [-0.2, 0) is 0 Å². The largest absolute Gasteiger partial charge is 0.342 e. The molecule has 27 heavy (non-hydrogen) atoms. The van der Waals surface area contributed by atoms with Gasteiger partial charge in [0.25, 0.3) is 5.56 Å². The van der Waals surface area contributed by atoms with Gasteiger partial charge in [-0.2, -0.15) is 5.26 Å². The van der Waals surface area contributed by atoms with E-state index in [1.807, 2.05) is 12.1 Å². The Hall–Kier alpha value is -3.09. The first-order valence-corrected chi connectivity index (χ1v) is 9.31. The van der Waals surface area contributed by atoms with Crippen molar-refractivity contribution in [3.05, 3.63) is 45.7 Å². The van der Waals surface area contributed by atoms with Crippen LogP contribution in [0.4, 0.5) is 5.95 Å². The smallest absolute Gasteiger partial charge is 0.268 e. The number of benzene rings is 1. The van der Waals surface area contributed by atoms with Crippen molar-refractivity contribution in [2.24, 2.45) is 11.7 Å². The maximum Gasteiger partial charge on any atom is 0.268 e. The number of nitrogens with two attached hydrogens (primary N) is 1. The molecule has 0 spiro atoms. The van der Waals surface area contributed by atoms with E-state index in [0.717, 1.165) is 44.3 Å². The van der Waals surface area contributed by atoms with Crippen molar-refractivity contribution in [2.45, 2.75) is 31.7 Å². The molecule has 0 amide bonds. The Labute approximate surface area is 158 Å². The zero-order chi connectivity index (χ0) is 18.8. The van der Waals surface area contributed by atoms with Crippen LogP contribution in [0, 0.1) is 29.1 Å². The molecule has 6 heteroatoms. The number of aromatic nitrogens is 2. The maximum absolute atomic E-state index is 12.8. The Morgan fingerprint density at radius 1 is 1.15 bits per heavy atom. The highest BCUT2D eigenvalue weighted by atomic mass is 16.1. The standard InChI is InChI=1S/C21H21N5O/c22-13-15-3-6-16(7-4-15)19-18(8-5-14-1-2-14)20(27)25-21(24-19)26-11-9-17(23)10-12-26/h3-4,6-7,14,17H,1-2,9-12,23H2,(H,24,25,27). The zero-order valence-electron chi connectivity index (χ0n) is 15.0. The van der Waals surface area contributed by atoms with Crippen LogP contribution >= 0.6 is 0 Å². The Morgan fingerprint density at radius 3 is 2.48 bits per heavy atom. The van der Waals surface area contributed by atoms with Gasteiger partial charge >= 0.3 is 0 Å². The van der Waals surface area contributed by atoms with Crippen molar-refractivity contribution in [1.82, 2.24) is 9.97 Å². The fraction of sp³-hybridized carbons (Fsp3) is 0.381. The molecule has 2 heterocycles. The van der Waals surface area contributed by atoms with Crippen molar-refractivity contribution in [1.29, 1.82) is 5.26 Å². The number of nitrogens with zero attached hydrogens (tertiary/aromatic N) is 3. The number of hydrogen-bond acceptors (Lipinski definition) is 5. The molecule has 2 aliphatic rings. The van der Waals surface area contributed by atoms with Crippen LogP contribution < -0.4 is 16.2 Å². The molecule has 1 saturated heterocycles. The predicted octanol–water partition coefficient (Wildman–Crippen LogP) is 2.00. The molecule has 0 bridgehead atoms. The van der Waals surface area contributed by atoms with E-state index in [1.54, 1.807) is 12.1 Å². The fourth-order valence-electron chi connectivity index (χ4n) is 3.15. The lowest BCUT2D eigenvalue weighted by Crippen LogP contribution is -2.41. The number of aromatic amines is 1. The molecule has 6 nitrogen and oxygen atoms in total. The van der Waals surface area contributed by atoms with Gasteiger partial charge in [-0.3, -0.25) is 9.78 Å².